The molecule has 0 bridgehead atoms. The van der Waals surface area contributed by atoms with Gasteiger partial charge in [0.05, 0.1) is 33.5 Å². The number of ether oxygens (including phenoxy) is 1. The SMILES string of the molecule is COc1cc(Br)c(OOC(=O)C2CCC2)cc1-c1cc(=O)c2cccc(Cl)c2o1. The molecule has 1 heterocycles. The average Bonchev–Trinajstić information content (AvgIpc) is 2.66. The molecule has 150 valence electrons. The Hall–Kier alpha value is -2.51. The van der Waals surface area contributed by atoms with Gasteiger partial charge in [-0.1, -0.05) is 24.1 Å². The number of fused-ring (bicyclic) bond motifs is 1. The summed E-state index contributed by atoms with van der Waals surface area (Å²) in [6, 6.07) is 9.53. The number of rotatable bonds is 5. The number of para-hydroxylation sites is 1. The van der Waals surface area contributed by atoms with E-state index >= 15 is 0 Å². The predicted octanol–water partition coefficient (Wildman–Crippen LogP) is 5.52. The maximum absolute atomic E-state index is 12.5. The summed E-state index contributed by atoms with van der Waals surface area (Å²) in [4.78, 5) is 34.7. The van der Waals surface area contributed by atoms with E-state index in [1.807, 2.05) is 0 Å². The molecular weight excluding hydrogens is 464 g/mol. The van der Waals surface area contributed by atoms with E-state index in [4.69, 9.17) is 30.5 Å². The van der Waals surface area contributed by atoms with Crippen LogP contribution in [0, 0.1) is 5.92 Å². The minimum Gasteiger partial charge on any atom is -0.496 e. The van der Waals surface area contributed by atoms with E-state index in [1.54, 1.807) is 30.3 Å². The van der Waals surface area contributed by atoms with Crippen LogP contribution >= 0.6 is 27.5 Å². The highest BCUT2D eigenvalue weighted by atomic mass is 79.9. The number of halogens is 2. The predicted molar refractivity (Wildman–Crippen MR) is 111 cm³/mol. The van der Waals surface area contributed by atoms with E-state index in [-0.39, 0.29) is 28.4 Å². The van der Waals surface area contributed by atoms with Crippen LogP contribution in [0.2, 0.25) is 5.02 Å². The summed E-state index contributed by atoms with van der Waals surface area (Å²) in [5.41, 5.74) is 0.484. The average molecular weight is 480 g/mol. The van der Waals surface area contributed by atoms with Gasteiger partial charge < -0.3 is 9.15 Å². The number of carbonyl (C=O) groups excluding carboxylic acids is 1. The third kappa shape index (κ3) is 3.84. The number of methoxy groups -OCH3 is 1. The molecule has 0 radical (unpaired) electrons. The third-order valence-electron chi connectivity index (χ3n) is 4.88. The summed E-state index contributed by atoms with van der Waals surface area (Å²) in [5.74, 6) is 0.409. The second-order valence-electron chi connectivity index (χ2n) is 6.69. The van der Waals surface area contributed by atoms with Crippen molar-refractivity contribution in [2.75, 3.05) is 7.11 Å². The van der Waals surface area contributed by atoms with Crippen LogP contribution in [-0.2, 0) is 9.68 Å². The Labute approximate surface area is 179 Å². The molecule has 0 atom stereocenters. The first-order valence-electron chi connectivity index (χ1n) is 8.96. The number of carbonyl (C=O) groups is 1. The van der Waals surface area contributed by atoms with Gasteiger partial charge in [0.25, 0.3) is 0 Å². The van der Waals surface area contributed by atoms with Gasteiger partial charge in [0.1, 0.15) is 11.5 Å². The van der Waals surface area contributed by atoms with E-state index in [9.17, 15) is 9.59 Å². The molecule has 6 nitrogen and oxygen atoms in total. The standard InChI is InChI=1S/C21H16BrClO6/c1-26-17-9-14(22)19(28-29-21(25)11-4-2-5-11)8-13(17)18-10-16(24)12-6-3-7-15(23)20(12)27-18/h3,6-11H,2,4-5H2,1H3. The lowest BCUT2D eigenvalue weighted by molar-refractivity contribution is -0.221. The van der Waals surface area contributed by atoms with Crippen LogP contribution in [0.5, 0.6) is 11.5 Å². The Morgan fingerprint density at radius 2 is 2.00 bits per heavy atom. The summed E-state index contributed by atoms with van der Waals surface area (Å²) >= 11 is 9.57. The zero-order valence-corrected chi connectivity index (χ0v) is 17.7. The first-order valence-corrected chi connectivity index (χ1v) is 10.1. The molecule has 1 fully saturated rings. The van der Waals surface area contributed by atoms with Gasteiger partial charge in [-0.2, -0.15) is 0 Å². The van der Waals surface area contributed by atoms with Crippen LogP contribution in [0.15, 0.2) is 50.1 Å². The molecule has 4 rings (SSSR count). The molecule has 0 aliphatic heterocycles. The van der Waals surface area contributed by atoms with Crippen molar-refractivity contribution < 1.29 is 23.7 Å². The van der Waals surface area contributed by atoms with Crippen molar-refractivity contribution in [1.29, 1.82) is 0 Å². The molecule has 29 heavy (non-hydrogen) atoms. The molecule has 0 spiro atoms. The first kappa shape index (κ1) is 19.8. The van der Waals surface area contributed by atoms with Gasteiger partial charge in [0, 0.05) is 12.1 Å². The van der Waals surface area contributed by atoms with Gasteiger partial charge in [-0.15, -0.1) is 0 Å². The highest BCUT2D eigenvalue weighted by molar-refractivity contribution is 9.10. The zero-order valence-electron chi connectivity index (χ0n) is 15.4. The summed E-state index contributed by atoms with van der Waals surface area (Å²) in [6.45, 7) is 0. The lowest BCUT2D eigenvalue weighted by Crippen LogP contribution is -2.25. The van der Waals surface area contributed by atoms with Crippen LogP contribution in [0.25, 0.3) is 22.3 Å². The van der Waals surface area contributed by atoms with Gasteiger partial charge in [-0.3, -0.25) is 14.6 Å². The maximum atomic E-state index is 12.5. The Balaban J connectivity index is 1.74. The monoisotopic (exact) mass is 478 g/mol. The van der Waals surface area contributed by atoms with Gasteiger partial charge >= 0.3 is 5.97 Å². The molecule has 0 unspecified atom stereocenters. The zero-order chi connectivity index (χ0) is 20.5. The van der Waals surface area contributed by atoms with E-state index in [2.05, 4.69) is 15.9 Å². The lowest BCUT2D eigenvalue weighted by atomic mass is 9.86. The number of hydrogen-bond acceptors (Lipinski definition) is 6. The Morgan fingerprint density at radius 3 is 2.69 bits per heavy atom. The minimum atomic E-state index is -0.399. The lowest BCUT2D eigenvalue weighted by Gasteiger charge is -2.22. The van der Waals surface area contributed by atoms with Gasteiger partial charge in [0.2, 0.25) is 0 Å². The van der Waals surface area contributed by atoms with Crippen molar-refractivity contribution in [3.05, 3.63) is 56.1 Å². The molecular formula is C21H16BrClO6. The topological polar surface area (TPSA) is 75.0 Å². The summed E-state index contributed by atoms with van der Waals surface area (Å²) in [5, 5.41) is 0.701. The Kier molecular flexibility index (Phi) is 5.52. The Morgan fingerprint density at radius 1 is 1.21 bits per heavy atom. The third-order valence-corrected chi connectivity index (χ3v) is 5.80. The van der Waals surface area contributed by atoms with Crippen molar-refractivity contribution in [1.82, 2.24) is 0 Å². The molecule has 1 aromatic heterocycles. The fraction of sp³-hybridized carbons (Fsp3) is 0.238. The van der Waals surface area contributed by atoms with E-state index in [0.717, 1.165) is 19.3 Å². The quantitative estimate of drug-likeness (QED) is 0.354. The smallest absolute Gasteiger partial charge is 0.358 e. The van der Waals surface area contributed by atoms with Gasteiger partial charge in [-0.05, 0) is 47.0 Å². The van der Waals surface area contributed by atoms with Crippen LogP contribution < -0.4 is 15.1 Å². The molecule has 1 aliphatic carbocycles. The maximum Gasteiger partial charge on any atom is 0.358 e. The fourth-order valence-electron chi connectivity index (χ4n) is 3.03. The summed E-state index contributed by atoms with van der Waals surface area (Å²) in [7, 11) is 1.49. The second kappa shape index (κ2) is 8.08. The summed E-state index contributed by atoms with van der Waals surface area (Å²) in [6.07, 6.45) is 2.63. The van der Waals surface area contributed by atoms with Crippen LogP contribution in [0.1, 0.15) is 19.3 Å². The van der Waals surface area contributed by atoms with Crippen LogP contribution in [0.3, 0.4) is 0 Å². The van der Waals surface area contributed by atoms with Crippen molar-refractivity contribution in [2.24, 2.45) is 5.92 Å². The largest absolute Gasteiger partial charge is 0.496 e. The summed E-state index contributed by atoms with van der Waals surface area (Å²) < 4.78 is 11.8. The molecule has 3 aromatic rings. The first-order chi connectivity index (χ1) is 14.0. The molecule has 1 aliphatic rings. The molecule has 8 heteroatoms. The number of hydrogen-bond donors (Lipinski definition) is 0. The van der Waals surface area contributed by atoms with E-state index in [0.29, 0.717) is 26.2 Å². The Bertz CT molecular complexity index is 1150. The van der Waals surface area contributed by atoms with E-state index < -0.39 is 5.97 Å². The highest BCUT2D eigenvalue weighted by Crippen LogP contribution is 2.40. The molecule has 2 aromatic carbocycles. The molecule has 0 amide bonds. The van der Waals surface area contributed by atoms with Crippen LogP contribution in [0.4, 0.5) is 0 Å². The molecule has 0 N–H and O–H groups in total. The highest BCUT2D eigenvalue weighted by Gasteiger charge is 2.28. The van der Waals surface area contributed by atoms with Gasteiger partial charge in [0.15, 0.2) is 16.8 Å². The van der Waals surface area contributed by atoms with Crippen LogP contribution in [-0.4, -0.2) is 13.1 Å². The van der Waals surface area contributed by atoms with Crippen molar-refractivity contribution >= 4 is 44.5 Å². The fourth-order valence-corrected chi connectivity index (χ4v) is 3.64. The van der Waals surface area contributed by atoms with Gasteiger partial charge in [-0.25, -0.2) is 4.79 Å². The normalized spacial score (nSPS) is 13.8. The molecule has 0 saturated heterocycles. The van der Waals surface area contributed by atoms with Crippen molar-refractivity contribution in [3.8, 4) is 22.8 Å². The van der Waals surface area contributed by atoms with Crippen molar-refractivity contribution in [2.45, 2.75) is 19.3 Å². The number of benzene rings is 2. The minimum absolute atomic E-state index is 0.118. The second-order valence-corrected chi connectivity index (χ2v) is 7.95. The van der Waals surface area contributed by atoms with Crippen molar-refractivity contribution in [3.63, 3.8) is 0 Å². The van der Waals surface area contributed by atoms with E-state index in [1.165, 1.54) is 13.2 Å². The molecule has 1 saturated carbocycles.